The zero-order valence-electron chi connectivity index (χ0n) is 23.5. The summed E-state index contributed by atoms with van der Waals surface area (Å²) in [5.41, 5.74) is -3.96. The Labute approximate surface area is 254 Å². The van der Waals surface area contributed by atoms with E-state index in [0.29, 0.717) is 48.9 Å². The second-order valence-electron chi connectivity index (χ2n) is 11.6. The Morgan fingerprint density at radius 2 is 1.84 bits per heavy atom. The van der Waals surface area contributed by atoms with Gasteiger partial charge in [0.2, 0.25) is 11.8 Å². The number of benzene rings is 1. The molecule has 3 aliphatic rings. The molecule has 0 unspecified atom stereocenters. The number of H-pyrrole nitrogens is 1. The summed E-state index contributed by atoms with van der Waals surface area (Å²) >= 11 is 1.01. The highest BCUT2D eigenvalue weighted by Crippen LogP contribution is 2.59. The van der Waals surface area contributed by atoms with Crippen LogP contribution in [0.15, 0.2) is 41.3 Å². The minimum absolute atomic E-state index is 0.130. The van der Waals surface area contributed by atoms with E-state index in [-0.39, 0.29) is 40.2 Å². The zero-order valence-corrected chi connectivity index (χ0v) is 25.2. The third-order valence-electron chi connectivity index (χ3n) is 8.84. The van der Waals surface area contributed by atoms with Crippen molar-refractivity contribution in [2.75, 3.05) is 6.54 Å². The zero-order chi connectivity index (χ0) is 31.4. The molecule has 0 aliphatic carbocycles. The number of halogens is 2. The van der Waals surface area contributed by atoms with Crippen LogP contribution < -0.4 is 10.9 Å². The highest BCUT2D eigenvalue weighted by atomic mass is 32.1. The smallest absolute Gasteiger partial charge is 0.340 e. The van der Waals surface area contributed by atoms with Gasteiger partial charge in [-0.25, -0.2) is 0 Å². The molecule has 1 aromatic carbocycles. The fraction of sp³-hybridized carbons (Fsp3) is 0.448. The molecule has 11 nitrogen and oxygen atoms in total. The molecule has 3 atom stereocenters. The minimum Gasteiger partial charge on any atom is -0.340 e. The van der Waals surface area contributed by atoms with Gasteiger partial charge < -0.3 is 29.9 Å². The van der Waals surface area contributed by atoms with Crippen LogP contribution in [0.25, 0.3) is 10.1 Å². The van der Waals surface area contributed by atoms with Gasteiger partial charge in [-0.05, 0) is 67.3 Å². The number of fused-ring (bicyclic) bond motifs is 3. The average Bonchev–Trinajstić information content (AvgIpc) is 3.60. The van der Waals surface area contributed by atoms with E-state index in [1.54, 1.807) is 22.1 Å². The van der Waals surface area contributed by atoms with Crippen LogP contribution in [0.5, 0.6) is 0 Å². The molecule has 5 heterocycles. The monoisotopic (exact) mass is 648 g/mol. The second kappa shape index (κ2) is 11.5. The molecule has 2 aromatic heterocycles. The Bertz CT molecular complexity index is 1750. The molecule has 0 radical (unpaired) electrons. The van der Waals surface area contributed by atoms with Gasteiger partial charge in [-0.15, -0.1) is 11.3 Å². The Hall–Kier alpha value is -3.45. The van der Waals surface area contributed by atoms with Gasteiger partial charge in [-0.3, -0.25) is 23.7 Å². The molecule has 3 aromatic rings. The summed E-state index contributed by atoms with van der Waals surface area (Å²) in [6, 6.07) is 4.59. The van der Waals surface area contributed by atoms with Crippen molar-refractivity contribution >= 4 is 46.7 Å². The lowest BCUT2D eigenvalue weighted by Crippen LogP contribution is -2.57. The SMILES string of the molecule is O=C(N[C@H]1CCCC[C@H]2CC[C@@H](C(=O)N3CCc4c(cc[nH]c4=O)C3)N2C1=O)c1cc2cc(C(F)(F)P(=O)(O)O)ccc2s1. The lowest BCUT2D eigenvalue weighted by Gasteiger charge is -2.38. The van der Waals surface area contributed by atoms with Crippen molar-refractivity contribution in [2.24, 2.45) is 0 Å². The van der Waals surface area contributed by atoms with E-state index in [1.165, 1.54) is 12.1 Å². The molecular weight excluding hydrogens is 617 g/mol. The minimum atomic E-state index is -5.76. The Morgan fingerprint density at radius 1 is 1.07 bits per heavy atom. The van der Waals surface area contributed by atoms with Crippen LogP contribution >= 0.6 is 18.9 Å². The normalized spacial score (nSPS) is 22.7. The van der Waals surface area contributed by atoms with Crippen molar-refractivity contribution in [3.8, 4) is 0 Å². The van der Waals surface area contributed by atoms with Gasteiger partial charge in [0.05, 0.1) is 4.88 Å². The second-order valence-corrected chi connectivity index (χ2v) is 14.3. The van der Waals surface area contributed by atoms with Crippen molar-refractivity contribution < 1.29 is 37.5 Å². The molecule has 234 valence electrons. The number of thiophene rings is 1. The van der Waals surface area contributed by atoms with E-state index in [4.69, 9.17) is 9.79 Å². The summed E-state index contributed by atoms with van der Waals surface area (Å²) in [5.74, 6) is -1.09. The maximum atomic E-state index is 14.3. The van der Waals surface area contributed by atoms with Crippen LogP contribution in [0.2, 0.25) is 0 Å². The Balaban J connectivity index is 1.20. The van der Waals surface area contributed by atoms with Gasteiger partial charge >= 0.3 is 13.3 Å². The third kappa shape index (κ3) is 5.48. The van der Waals surface area contributed by atoms with Gasteiger partial charge in [0.25, 0.3) is 11.5 Å². The molecule has 4 N–H and O–H groups in total. The number of hydrogen-bond acceptors (Lipinski definition) is 6. The van der Waals surface area contributed by atoms with E-state index in [9.17, 15) is 32.5 Å². The van der Waals surface area contributed by atoms with Crippen molar-refractivity contribution in [1.29, 1.82) is 0 Å². The number of nitrogens with one attached hydrogen (secondary N) is 2. The van der Waals surface area contributed by atoms with E-state index < -0.39 is 36.8 Å². The number of aromatic nitrogens is 1. The topological polar surface area (TPSA) is 160 Å². The maximum Gasteiger partial charge on any atom is 0.399 e. The predicted octanol–water partition coefficient (Wildman–Crippen LogP) is 3.43. The lowest BCUT2D eigenvalue weighted by atomic mass is 9.98. The molecule has 2 saturated heterocycles. The standard InChI is InChI=1S/C29H31F2N4O7PS/c30-29(31,43(40,41)42)18-5-8-23-17(13-18)14-24(44-23)26(37)33-21-4-2-1-3-19-6-7-22(35(19)27(21)38)28(39)34-12-10-20-16(15-34)9-11-32-25(20)36/h5,8-9,11,13-14,19,21-22H,1-4,6-7,10,12,15H2,(H,32,36)(H,33,37)(H2,40,41,42)/t19-,21-,22-/m0/s1. The molecule has 44 heavy (non-hydrogen) atoms. The van der Waals surface area contributed by atoms with Gasteiger partial charge in [-0.1, -0.05) is 18.9 Å². The van der Waals surface area contributed by atoms with Crippen LogP contribution in [0, 0.1) is 0 Å². The van der Waals surface area contributed by atoms with Crippen LogP contribution in [0.1, 0.15) is 64.9 Å². The fourth-order valence-electron chi connectivity index (χ4n) is 6.55. The van der Waals surface area contributed by atoms with Gasteiger partial charge in [0.1, 0.15) is 12.1 Å². The van der Waals surface area contributed by atoms with Gasteiger partial charge in [0, 0.05) is 41.2 Å². The van der Waals surface area contributed by atoms with E-state index in [1.807, 2.05) is 0 Å². The average molecular weight is 649 g/mol. The first-order valence-corrected chi connectivity index (χ1v) is 16.9. The molecule has 3 aliphatic heterocycles. The first kappa shape index (κ1) is 30.6. The van der Waals surface area contributed by atoms with Crippen LogP contribution in [-0.2, 0) is 32.8 Å². The molecule has 6 rings (SSSR count). The molecule has 0 saturated carbocycles. The van der Waals surface area contributed by atoms with E-state index >= 15 is 0 Å². The number of nitrogens with zero attached hydrogens (tertiary/aromatic N) is 2. The summed E-state index contributed by atoms with van der Waals surface area (Å²) in [5, 5.41) is 3.01. The molecule has 0 spiro atoms. The first-order valence-electron chi connectivity index (χ1n) is 14.4. The van der Waals surface area contributed by atoms with Crippen molar-refractivity contribution in [3.63, 3.8) is 0 Å². The Kier molecular flexibility index (Phi) is 7.98. The summed E-state index contributed by atoms with van der Waals surface area (Å²) < 4.78 is 40.3. The van der Waals surface area contributed by atoms with Gasteiger partial charge in [-0.2, -0.15) is 8.78 Å². The number of carbonyl (C=O) groups excluding carboxylic acids is 3. The quantitative estimate of drug-likeness (QED) is 0.309. The highest BCUT2D eigenvalue weighted by molar-refractivity contribution is 7.52. The summed E-state index contributed by atoms with van der Waals surface area (Å²) in [7, 11) is -5.76. The van der Waals surface area contributed by atoms with Crippen LogP contribution in [-0.4, -0.2) is 67.0 Å². The number of alkyl halides is 2. The van der Waals surface area contributed by atoms with E-state index in [0.717, 1.165) is 41.9 Å². The van der Waals surface area contributed by atoms with Crippen molar-refractivity contribution in [3.05, 3.63) is 68.4 Å². The number of aromatic amines is 1. The number of pyridine rings is 1. The molecule has 3 amide bonds. The number of hydrogen-bond donors (Lipinski definition) is 4. The fourth-order valence-corrected chi connectivity index (χ4v) is 7.97. The third-order valence-corrected chi connectivity index (χ3v) is 10.9. The number of rotatable bonds is 5. The largest absolute Gasteiger partial charge is 0.399 e. The number of carbonyl (C=O) groups is 3. The Morgan fingerprint density at radius 3 is 2.61 bits per heavy atom. The summed E-state index contributed by atoms with van der Waals surface area (Å²) in [4.78, 5) is 77.5. The summed E-state index contributed by atoms with van der Waals surface area (Å²) in [6.45, 7) is 0.658. The number of amides is 3. The molecule has 0 bridgehead atoms. The first-order chi connectivity index (χ1) is 20.8. The molecule has 2 fully saturated rings. The summed E-state index contributed by atoms with van der Waals surface area (Å²) in [6.07, 6.45) is 5.81. The van der Waals surface area contributed by atoms with Crippen LogP contribution in [0.3, 0.4) is 0 Å². The van der Waals surface area contributed by atoms with Crippen molar-refractivity contribution in [2.45, 2.75) is 75.3 Å². The maximum absolute atomic E-state index is 14.3. The lowest BCUT2D eigenvalue weighted by molar-refractivity contribution is -0.147. The molecule has 15 heteroatoms. The van der Waals surface area contributed by atoms with E-state index in [2.05, 4.69) is 10.3 Å². The van der Waals surface area contributed by atoms with Crippen molar-refractivity contribution in [1.82, 2.24) is 20.1 Å². The molecular formula is C29H31F2N4O7PS. The highest BCUT2D eigenvalue weighted by Gasteiger charge is 2.50. The predicted molar refractivity (Wildman–Crippen MR) is 157 cm³/mol. The van der Waals surface area contributed by atoms with Gasteiger partial charge in [0.15, 0.2) is 0 Å². The van der Waals surface area contributed by atoms with Crippen LogP contribution in [0.4, 0.5) is 8.78 Å².